The minimum absolute atomic E-state index is 0.360. The molecule has 0 amide bonds. The number of nitrogens with one attached hydrogen (secondary N) is 1. The van der Waals surface area contributed by atoms with E-state index in [4.69, 9.17) is 4.74 Å². The first-order chi connectivity index (χ1) is 6.41. The predicted molar refractivity (Wildman–Crippen MR) is 53.9 cm³/mol. The Morgan fingerprint density at radius 2 is 1.62 bits per heavy atom. The molecule has 1 aliphatic heterocycles. The second-order valence-corrected chi connectivity index (χ2v) is 4.53. The molecule has 0 bridgehead atoms. The van der Waals surface area contributed by atoms with Gasteiger partial charge in [-0.05, 0) is 12.8 Å². The second-order valence-electron chi connectivity index (χ2n) is 4.53. The van der Waals surface area contributed by atoms with Crippen molar-refractivity contribution < 1.29 is 4.74 Å². The van der Waals surface area contributed by atoms with Gasteiger partial charge in [-0.1, -0.05) is 32.1 Å². The standard InChI is InChI=1S/C11H21NO/c1-2-4-6-11(7-5-3-1)10-13-9-8-12-11/h12H,1-10H2. The van der Waals surface area contributed by atoms with Crippen molar-refractivity contribution in [2.24, 2.45) is 0 Å². The van der Waals surface area contributed by atoms with E-state index in [1.165, 1.54) is 44.9 Å². The Morgan fingerprint density at radius 1 is 0.923 bits per heavy atom. The first-order valence-electron chi connectivity index (χ1n) is 5.74. The molecule has 0 radical (unpaired) electrons. The summed E-state index contributed by atoms with van der Waals surface area (Å²) in [7, 11) is 0. The van der Waals surface area contributed by atoms with Gasteiger partial charge in [0.1, 0.15) is 0 Å². The fraction of sp³-hybridized carbons (Fsp3) is 1.00. The molecule has 1 aliphatic carbocycles. The summed E-state index contributed by atoms with van der Waals surface area (Å²) in [4.78, 5) is 0. The fourth-order valence-electron chi connectivity index (χ4n) is 2.61. The summed E-state index contributed by atoms with van der Waals surface area (Å²) in [6, 6.07) is 0. The molecule has 0 atom stereocenters. The van der Waals surface area contributed by atoms with E-state index in [1.54, 1.807) is 0 Å². The molecule has 1 saturated heterocycles. The zero-order chi connectivity index (χ0) is 8.99. The average Bonchev–Trinajstić information content (AvgIpc) is 2.14. The zero-order valence-electron chi connectivity index (χ0n) is 8.48. The molecular weight excluding hydrogens is 162 g/mol. The highest BCUT2D eigenvalue weighted by Gasteiger charge is 2.31. The maximum atomic E-state index is 5.60. The molecular formula is C11H21NO. The van der Waals surface area contributed by atoms with E-state index in [2.05, 4.69) is 5.32 Å². The van der Waals surface area contributed by atoms with Gasteiger partial charge in [-0.2, -0.15) is 0 Å². The lowest BCUT2D eigenvalue weighted by Crippen LogP contribution is -2.54. The number of hydrogen-bond donors (Lipinski definition) is 1. The van der Waals surface area contributed by atoms with Crippen molar-refractivity contribution in [3.63, 3.8) is 0 Å². The Morgan fingerprint density at radius 3 is 2.23 bits per heavy atom. The number of morpholine rings is 1. The van der Waals surface area contributed by atoms with Crippen LogP contribution in [-0.4, -0.2) is 25.3 Å². The van der Waals surface area contributed by atoms with Crippen molar-refractivity contribution in [2.45, 2.75) is 50.5 Å². The van der Waals surface area contributed by atoms with Crippen LogP contribution in [0.4, 0.5) is 0 Å². The van der Waals surface area contributed by atoms with Crippen molar-refractivity contribution in [1.82, 2.24) is 5.32 Å². The molecule has 1 saturated carbocycles. The summed E-state index contributed by atoms with van der Waals surface area (Å²) >= 11 is 0. The number of ether oxygens (including phenoxy) is 1. The Labute approximate surface area is 81.0 Å². The molecule has 0 aromatic carbocycles. The molecule has 1 heterocycles. The van der Waals surface area contributed by atoms with Crippen molar-refractivity contribution in [3.05, 3.63) is 0 Å². The maximum absolute atomic E-state index is 5.60. The normalized spacial score (nSPS) is 29.5. The van der Waals surface area contributed by atoms with Crippen molar-refractivity contribution in [2.75, 3.05) is 19.8 Å². The monoisotopic (exact) mass is 183 g/mol. The fourth-order valence-corrected chi connectivity index (χ4v) is 2.61. The molecule has 2 fully saturated rings. The summed E-state index contributed by atoms with van der Waals surface area (Å²) in [5, 5.41) is 3.68. The third-order valence-electron chi connectivity index (χ3n) is 3.44. The number of hydrogen-bond acceptors (Lipinski definition) is 2. The molecule has 0 unspecified atom stereocenters. The number of rotatable bonds is 0. The summed E-state index contributed by atoms with van der Waals surface area (Å²) in [6.07, 6.45) is 9.70. The van der Waals surface area contributed by atoms with E-state index in [9.17, 15) is 0 Å². The lowest BCUT2D eigenvalue weighted by molar-refractivity contribution is 0.0147. The topological polar surface area (TPSA) is 21.3 Å². The third-order valence-corrected chi connectivity index (χ3v) is 3.44. The molecule has 0 aromatic heterocycles. The first kappa shape index (κ1) is 9.47. The second kappa shape index (κ2) is 4.43. The van der Waals surface area contributed by atoms with Gasteiger partial charge in [0.2, 0.25) is 0 Å². The van der Waals surface area contributed by atoms with E-state index in [0.717, 1.165) is 19.8 Å². The highest BCUT2D eigenvalue weighted by atomic mass is 16.5. The van der Waals surface area contributed by atoms with Gasteiger partial charge in [-0.15, -0.1) is 0 Å². The summed E-state index contributed by atoms with van der Waals surface area (Å²) in [5.41, 5.74) is 0.360. The third kappa shape index (κ3) is 2.44. The molecule has 76 valence electrons. The molecule has 13 heavy (non-hydrogen) atoms. The van der Waals surface area contributed by atoms with Crippen LogP contribution in [-0.2, 0) is 4.74 Å². The Bertz CT molecular complexity index is 142. The molecule has 0 aromatic rings. The average molecular weight is 183 g/mol. The molecule has 1 N–H and O–H groups in total. The molecule has 1 spiro atoms. The first-order valence-corrected chi connectivity index (χ1v) is 5.74. The van der Waals surface area contributed by atoms with E-state index in [-0.39, 0.29) is 0 Å². The van der Waals surface area contributed by atoms with Crippen molar-refractivity contribution >= 4 is 0 Å². The van der Waals surface area contributed by atoms with Gasteiger partial charge in [-0.25, -0.2) is 0 Å². The highest BCUT2D eigenvalue weighted by Crippen LogP contribution is 2.27. The van der Waals surface area contributed by atoms with Crippen LogP contribution < -0.4 is 5.32 Å². The van der Waals surface area contributed by atoms with Crippen molar-refractivity contribution in [1.29, 1.82) is 0 Å². The lowest BCUT2D eigenvalue weighted by Gasteiger charge is -2.39. The van der Waals surface area contributed by atoms with Crippen LogP contribution >= 0.6 is 0 Å². The van der Waals surface area contributed by atoms with Crippen LogP contribution in [0.2, 0.25) is 0 Å². The van der Waals surface area contributed by atoms with Crippen LogP contribution in [0.25, 0.3) is 0 Å². The highest BCUT2D eigenvalue weighted by molar-refractivity contribution is 4.90. The molecule has 2 aliphatic rings. The summed E-state index contributed by atoms with van der Waals surface area (Å²) < 4.78 is 5.60. The molecule has 2 heteroatoms. The zero-order valence-corrected chi connectivity index (χ0v) is 8.48. The molecule has 2 nitrogen and oxygen atoms in total. The van der Waals surface area contributed by atoms with E-state index >= 15 is 0 Å². The predicted octanol–water partition coefficient (Wildman–Crippen LogP) is 2.09. The van der Waals surface area contributed by atoms with E-state index < -0.39 is 0 Å². The Kier molecular flexibility index (Phi) is 3.23. The van der Waals surface area contributed by atoms with E-state index in [1.807, 2.05) is 0 Å². The van der Waals surface area contributed by atoms with Crippen LogP contribution in [0.1, 0.15) is 44.9 Å². The lowest BCUT2D eigenvalue weighted by atomic mass is 9.84. The largest absolute Gasteiger partial charge is 0.378 e. The summed E-state index contributed by atoms with van der Waals surface area (Å²) in [6.45, 7) is 2.91. The van der Waals surface area contributed by atoms with Gasteiger partial charge >= 0.3 is 0 Å². The van der Waals surface area contributed by atoms with Crippen LogP contribution in [0, 0.1) is 0 Å². The van der Waals surface area contributed by atoms with Crippen LogP contribution in [0.3, 0.4) is 0 Å². The van der Waals surface area contributed by atoms with E-state index in [0.29, 0.717) is 5.54 Å². The van der Waals surface area contributed by atoms with Gasteiger partial charge < -0.3 is 10.1 Å². The van der Waals surface area contributed by atoms with Gasteiger partial charge in [0.15, 0.2) is 0 Å². The van der Waals surface area contributed by atoms with Gasteiger partial charge in [0.25, 0.3) is 0 Å². The Balaban J connectivity index is 1.91. The summed E-state index contributed by atoms with van der Waals surface area (Å²) in [5.74, 6) is 0. The van der Waals surface area contributed by atoms with Crippen LogP contribution in [0.5, 0.6) is 0 Å². The quantitative estimate of drug-likeness (QED) is 0.621. The maximum Gasteiger partial charge on any atom is 0.0648 e. The van der Waals surface area contributed by atoms with Gasteiger partial charge in [0, 0.05) is 12.1 Å². The van der Waals surface area contributed by atoms with Crippen molar-refractivity contribution in [3.8, 4) is 0 Å². The minimum Gasteiger partial charge on any atom is -0.378 e. The van der Waals surface area contributed by atoms with Gasteiger partial charge in [-0.3, -0.25) is 0 Å². The minimum atomic E-state index is 0.360. The smallest absolute Gasteiger partial charge is 0.0648 e. The Hall–Kier alpha value is -0.0800. The SMILES string of the molecule is C1CCCC2(CCC1)COCCN2. The van der Waals surface area contributed by atoms with Crippen LogP contribution in [0.15, 0.2) is 0 Å². The van der Waals surface area contributed by atoms with Gasteiger partial charge in [0.05, 0.1) is 13.2 Å². The molecule has 2 rings (SSSR count).